The molecule has 12 nitrogen and oxygen atoms in total. The van der Waals surface area contributed by atoms with Crippen LogP contribution in [0.5, 0.6) is 11.5 Å². The third-order valence-corrected chi connectivity index (χ3v) is 27.3. The highest BCUT2D eigenvalue weighted by Crippen LogP contribution is 2.39. The Morgan fingerprint density at radius 2 is 1.04 bits per heavy atom. The molecule has 0 radical (unpaired) electrons. The topological polar surface area (TPSA) is 141 Å². The molecular weight excluding hydrogens is 725 g/mol. The first kappa shape index (κ1) is 41.7. The van der Waals surface area contributed by atoms with E-state index in [2.05, 4.69) is 26.2 Å². The van der Waals surface area contributed by atoms with Crippen molar-refractivity contribution in [3.05, 3.63) is 59.7 Å². The fourth-order valence-corrected chi connectivity index (χ4v) is 29.5. The maximum absolute atomic E-state index is 11.4. The lowest BCUT2D eigenvalue weighted by molar-refractivity contribution is -0.132. The van der Waals surface area contributed by atoms with Gasteiger partial charge in [-0.15, -0.1) is 0 Å². The van der Waals surface area contributed by atoms with E-state index in [1.165, 1.54) is 13.8 Å². The molecule has 0 bridgehead atoms. The normalized spacial score (nSPS) is 27.7. The third-order valence-electron chi connectivity index (χ3n) is 8.61. The van der Waals surface area contributed by atoms with Gasteiger partial charge in [-0.05, 0) is 111 Å². The van der Waals surface area contributed by atoms with Gasteiger partial charge < -0.3 is 45.3 Å². The Morgan fingerprint density at radius 1 is 0.647 bits per heavy atom. The van der Waals surface area contributed by atoms with Gasteiger partial charge >= 0.3 is 46.2 Å². The van der Waals surface area contributed by atoms with Crippen LogP contribution in [-0.2, 0) is 53.1 Å². The number of hydrogen-bond acceptors (Lipinski definition) is 12. The predicted octanol–water partition coefficient (Wildman–Crippen LogP) is 5.89. The molecule has 2 aromatic rings. The average Bonchev–Trinajstić information content (AvgIpc) is 3.87. The van der Waals surface area contributed by atoms with Crippen LogP contribution < -0.4 is 9.47 Å². The molecule has 2 aliphatic heterocycles. The standard InChI is InChI=1S/C35H56O12Si4/c1-29(37)42-33-13-9-31(10-14-33)17-25-50(5)44-48(3,23-7-20-39-22-19-36)45-51(6,26-18-32-11-15-34(16-12-32)43-30(2)38)47-49(4,46-50)24-8-21-40-27-35-28-41-35/h9-16,35-36H,7-8,17-28H2,1-6H3. The number of hydrogen-bond donors (Lipinski definition) is 1. The lowest BCUT2D eigenvalue weighted by Crippen LogP contribution is -2.67. The zero-order valence-corrected chi connectivity index (χ0v) is 35.0. The van der Waals surface area contributed by atoms with Crippen molar-refractivity contribution < 1.29 is 54.8 Å². The molecule has 3 atom stereocenters. The average molecular weight is 781 g/mol. The van der Waals surface area contributed by atoms with Gasteiger partial charge in [0, 0.05) is 27.1 Å². The first-order valence-corrected chi connectivity index (χ1v) is 28.0. The van der Waals surface area contributed by atoms with E-state index in [4.69, 9.17) is 40.1 Å². The van der Waals surface area contributed by atoms with Gasteiger partial charge in [-0.3, -0.25) is 9.59 Å². The van der Waals surface area contributed by atoms with E-state index in [1.54, 1.807) is 0 Å². The van der Waals surface area contributed by atoms with E-state index in [-0.39, 0.29) is 24.6 Å². The van der Waals surface area contributed by atoms with Gasteiger partial charge in [0.15, 0.2) is 0 Å². The Labute approximate surface area is 307 Å². The summed E-state index contributed by atoms with van der Waals surface area (Å²) in [6, 6.07) is 18.0. The number of aliphatic hydroxyl groups excluding tert-OH is 1. The monoisotopic (exact) mass is 780 g/mol. The molecule has 0 spiro atoms. The minimum Gasteiger partial charge on any atom is -0.427 e. The smallest absolute Gasteiger partial charge is 0.317 e. The van der Waals surface area contributed by atoms with Crippen molar-refractivity contribution in [2.75, 3.05) is 39.6 Å². The highest BCUT2D eigenvalue weighted by molar-refractivity contribution is 6.93. The molecule has 4 rings (SSSR count). The lowest BCUT2D eigenvalue weighted by Gasteiger charge is -2.50. The molecule has 0 aliphatic carbocycles. The van der Waals surface area contributed by atoms with Gasteiger partial charge in [0.25, 0.3) is 0 Å². The van der Waals surface area contributed by atoms with Crippen LogP contribution >= 0.6 is 0 Å². The molecule has 3 unspecified atom stereocenters. The molecule has 51 heavy (non-hydrogen) atoms. The summed E-state index contributed by atoms with van der Waals surface area (Å²) < 4.78 is 56.5. The molecule has 2 heterocycles. The van der Waals surface area contributed by atoms with Crippen molar-refractivity contribution in [2.45, 2.75) is 96.0 Å². The summed E-state index contributed by atoms with van der Waals surface area (Å²) in [5, 5.41) is 9.21. The minimum atomic E-state index is -2.91. The Kier molecular flexibility index (Phi) is 15.8. The fourth-order valence-electron chi connectivity index (χ4n) is 6.38. The number of rotatable bonds is 20. The van der Waals surface area contributed by atoms with Crippen LogP contribution in [-0.4, -0.2) is 97.0 Å². The SMILES string of the molecule is CC(=O)Oc1ccc(CC[Si]2(C)O[Si](C)(CCCOCCO)O[Si](C)(CCc3ccc(OC(C)=O)cc3)O[Si](C)(CCCOCC3CO3)O2)cc1. The first-order chi connectivity index (χ1) is 24.2. The molecule has 2 aromatic carbocycles. The molecule has 16 heteroatoms. The summed E-state index contributed by atoms with van der Waals surface area (Å²) in [5.41, 5.74) is 2.18. The van der Waals surface area contributed by atoms with Crippen molar-refractivity contribution >= 4 is 46.2 Å². The van der Waals surface area contributed by atoms with Gasteiger partial charge in [-0.1, -0.05) is 24.3 Å². The van der Waals surface area contributed by atoms with E-state index >= 15 is 0 Å². The number of benzene rings is 2. The highest BCUT2D eigenvalue weighted by Gasteiger charge is 2.56. The third kappa shape index (κ3) is 15.1. The number of ether oxygens (including phenoxy) is 5. The van der Waals surface area contributed by atoms with E-state index in [0.29, 0.717) is 56.1 Å². The van der Waals surface area contributed by atoms with Gasteiger partial charge in [-0.25, -0.2) is 0 Å². The van der Waals surface area contributed by atoms with E-state index < -0.39 is 34.2 Å². The molecule has 0 amide bonds. The van der Waals surface area contributed by atoms with Gasteiger partial charge in [0.1, 0.15) is 17.6 Å². The number of aliphatic hydroxyl groups is 1. The van der Waals surface area contributed by atoms with Crippen LogP contribution in [0.15, 0.2) is 48.5 Å². The number of epoxide rings is 1. The maximum atomic E-state index is 11.4. The summed E-state index contributed by atoms with van der Waals surface area (Å²) >= 11 is 0. The zero-order valence-electron chi connectivity index (χ0n) is 31.0. The van der Waals surface area contributed by atoms with Gasteiger partial charge in [-0.2, -0.15) is 0 Å². The Hall–Kier alpha value is -2.07. The second-order valence-corrected chi connectivity index (χ2v) is 28.3. The molecular formula is C35H56O12Si4. The summed E-state index contributed by atoms with van der Waals surface area (Å²) in [7, 11) is -11.6. The van der Waals surface area contributed by atoms with Gasteiger partial charge in [0.2, 0.25) is 0 Å². The predicted molar refractivity (Wildman–Crippen MR) is 201 cm³/mol. The maximum Gasteiger partial charge on any atom is 0.317 e. The summed E-state index contributed by atoms with van der Waals surface area (Å²) in [6.07, 6.45) is 3.17. The van der Waals surface area contributed by atoms with Crippen LogP contribution in [0.2, 0.25) is 50.4 Å². The number of esters is 2. The minimum absolute atomic E-state index is 0.0222. The Balaban J connectivity index is 1.56. The molecule has 2 fully saturated rings. The van der Waals surface area contributed by atoms with Crippen LogP contribution in [0.3, 0.4) is 0 Å². The van der Waals surface area contributed by atoms with Crippen molar-refractivity contribution in [2.24, 2.45) is 0 Å². The summed E-state index contributed by atoms with van der Waals surface area (Å²) in [4.78, 5) is 22.8. The molecule has 1 N–H and O–H groups in total. The van der Waals surface area contributed by atoms with Gasteiger partial charge in [0.05, 0.1) is 26.4 Å². The van der Waals surface area contributed by atoms with Crippen molar-refractivity contribution in [1.29, 1.82) is 0 Å². The second kappa shape index (κ2) is 19.3. The van der Waals surface area contributed by atoms with Crippen molar-refractivity contribution in [3.63, 3.8) is 0 Å². The number of carbonyl (C=O) groups excluding carboxylic acids is 2. The summed E-state index contributed by atoms with van der Waals surface area (Å²) in [6.45, 7) is 14.1. The van der Waals surface area contributed by atoms with Crippen molar-refractivity contribution in [1.82, 2.24) is 0 Å². The van der Waals surface area contributed by atoms with Crippen LogP contribution in [0, 0.1) is 0 Å². The Morgan fingerprint density at radius 3 is 1.41 bits per heavy atom. The second-order valence-electron chi connectivity index (χ2n) is 14.0. The lowest BCUT2D eigenvalue weighted by atomic mass is 10.2. The van der Waals surface area contributed by atoms with E-state index in [9.17, 15) is 14.7 Å². The van der Waals surface area contributed by atoms with Crippen LogP contribution in [0.4, 0.5) is 0 Å². The van der Waals surface area contributed by atoms with E-state index in [0.717, 1.165) is 49.5 Å². The highest BCUT2D eigenvalue weighted by atomic mass is 28.5. The van der Waals surface area contributed by atoms with E-state index in [1.807, 2.05) is 48.5 Å². The molecule has 284 valence electrons. The van der Waals surface area contributed by atoms with Crippen LogP contribution in [0.1, 0.15) is 37.8 Å². The molecule has 0 aromatic heterocycles. The first-order valence-electron chi connectivity index (χ1n) is 17.9. The van der Waals surface area contributed by atoms with Crippen LogP contribution in [0.25, 0.3) is 0 Å². The quantitative estimate of drug-likeness (QED) is 0.0563. The zero-order chi connectivity index (χ0) is 37.0. The largest absolute Gasteiger partial charge is 0.427 e. The number of carbonyl (C=O) groups is 2. The number of aryl methyl sites for hydroxylation is 2. The van der Waals surface area contributed by atoms with Crippen molar-refractivity contribution in [3.8, 4) is 11.5 Å². The molecule has 0 saturated carbocycles. The molecule has 2 saturated heterocycles. The molecule has 2 aliphatic rings. The Bertz CT molecular complexity index is 1310. The fraction of sp³-hybridized carbons (Fsp3) is 0.600. The summed E-state index contributed by atoms with van der Waals surface area (Å²) in [5.74, 6) is 0.318.